The van der Waals surface area contributed by atoms with Gasteiger partial charge in [0.05, 0.1) is 18.4 Å². The number of rotatable bonds is 4. The Morgan fingerprint density at radius 1 is 1.24 bits per heavy atom. The molecule has 1 aromatic heterocycles. The summed E-state index contributed by atoms with van der Waals surface area (Å²) < 4.78 is 0. The van der Waals surface area contributed by atoms with Gasteiger partial charge in [-0.3, -0.25) is 0 Å². The molecule has 17 heavy (non-hydrogen) atoms. The van der Waals surface area contributed by atoms with Gasteiger partial charge in [-0.05, 0) is 31.0 Å². The normalized spacial score (nSPS) is 12.6. The summed E-state index contributed by atoms with van der Waals surface area (Å²) in [7, 11) is 0. The first-order valence-corrected chi connectivity index (χ1v) is 6.27. The Balaban J connectivity index is 2.29. The largest absolute Gasteiger partial charge is 0.185 e. The lowest BCUT2D eigenvalue weighted by molar-refractivity contribution is 0.558. The molecule has 90 valence electrons. The minimum absolute atomic E-state index is 0.299. The van der Waals surface area contributed by atoms with E-state index in [9.17, 15) is 0 Å². The summed E-state index contributed by atoms with van der Waals surface area (Å²) in [6, 6.07) is 7.95. The molecular weight excluding hydrogens is 234 g/mol. The minimum atomic E-state index is 0.299. The highest BCUT2D eigenvalue weighted by Crippen LogP contribution is 2.26. The fourth-order valence-electron chi connectivity index (χ4n) is 1.93. The van der Waals surface area contributed by atoms with E-state index in [2.05, 4.69) is 29.3 Å². The lowest BCUT2D eigenvalue weighted by atomic mass is 9.94. The highest BCUT2D eigenvalue weighted by atomic mass is 35.5. The zero-order valence-corrected chi connectivity index (χ0v) is 10.9. The minimum Gasteiger partial charge on any atom is -0.185 e. The van der Waals surface area contributed by atoms with Gasteiger partial charge in [0.15, 0.2) is 0 Å². The molecule has 0 saturated heterocycles. The Bertz CT molecular complexity index is 476. The molecule has 0 bridgehead atoms. The molecule has 1 aromatic carbocycles. The summed E-state index contributed by atoms with van der Waals surface area (Å²) in [5.41, 5.74) is 2.26. The summed E-state index contributed by atoms with van der Waals surface area (Å²) >= 11 is 5.90. The van der Waals surface area contributed by atoms with Gasteiger partial charge in [0.2, 0.25) is 0 Å². The van der Waals surface area contributed by atoms with Crippen LogP contribution in [0.15, 0.2) is 30.5 Å². The number of nitrogens with zero attached hydrogens (tertiary/aromatic N) is 3. The maximum atomic E-state index is 5.90. The van der Waals surface area contributed by atoms with E-state index in [1.165, 1.54) is 5.56 Å². The van der Waals surface area contributed by atoms with Crippen molar-refractivity contribution in [2.75, 3.05) is 0 Å². The first kappa shape index (κ1) is 12.1. The number of aromatic nitrogens is 3. The fraction of sp³-hybridized carbons (Fsp3) is 0.385. The van der Waals surface area contributed by atoms with Crippen LogP contribution in [0.25, 0.3) is 0 Å². The first-order valence-electron chi connectivity index (χ1n) is 5.90. The van der Waals surface area contributed by atoms with E-state index in [1.54, 1.807) is 4.80 Å². The third-order valence-electron chi connectivity index (χ3n) is 2.87. The predicted molar refractivity (Wildman–Crippen MR) is 69.3 cm³/mol. The van der Waals surface area contributed by atoms with Crippen LogP contribution in [0.3, 0.4) is 0 Å². The van der Waals surface area contributed by atoms with Crippen molar-refractivity contribution in [3.63, 3.8) is 0 Å². The van der Waals surface area contributed by atoms with Crippen LogP contribution >= 0.6 is 11.6 Å². The van der Waals surface area contributed by atoms with E-state index in [0.29, 0.717) is 5.92 Å². The smallest absolute Gasteiger partial charge is 0.0901 e. The van der Waals surface area contributed by atoms with Crippen LogP contribution in [0.5, 0.6) is 0 Å². The molecule has 1 heterocycles. The molecule has 1 unspecified atom stereocenters. The van der Waals surface area contributed by atoms with Crippen molar-refractivity contribution in [3.05, 3.63) is 46.7 Å². The van der Waals surface area contributed by atoms with E-state index in [1.807, 2.05) is 25.3 Å². The van der Waals surface area contributed by atoms with E-state index < -0.39 is 0 Å². The van der Waals surface area contributed by atoms with Crippen LogP contribution in [0.2, 0.25) is 5.02 Å². The average Bonchev–Trinajstić information content (AvgIpc) is 2.81. The molecular formula is C13H16ClN3. The Hall–Kier alpha value is -1.35. The van der Waals surface area contributed by atoms with Crippen molar-refractivity contribution in [3.8, 4) is 0 Å². The molecule has 2 aromatic rings. The topological polar surface area (TPSA) is 30.7 Å². The maximum absolute atomic E-state index is 5.90. The molecule has 0 fully saturated rings. The Kier molecular flexibility index (Phi) is 3.79. The third kappa shape index (κ3) is 2.67. The van der Waals surface area contributed by atoms with Gasteiger partial charge in [-0.15, -0.1) is 0 Å². The zero-order chi connectivity index (χ0) is 12.3. The Morgan fingerprint density at radius 3 is 2.47 bits per heavy atom. The monoisotopic (exact) mass is 249 g/mol. The lowest BCUT2D eigenvalue weighted by Gasteiger charge is -2.12. The number of halogens is 1. The second-order valence-electron chi connectivity index (χ2n) is 3.97. The van der Waals surface area contributed by atoms with Crippen molar-refractivity contribution in [2.24, 2.45) is 0 Å². The number of hydrogen-bond acceptors (Lipinski definition) is 2. The second kappa shape index (κ2) is 5.32. The third-order valence-corrected chi connectivity index (χ3v) is 3.13. The molecule has 1 atom stereocenters. The van der Waals surface area contributed by atoms with Gasteiger partial charge in [-0.2, -0.15) is 15.0 Å². The summed E-state index contributed by atoms with van der Waals surface area (Å²) in [4.78, 5) is 1.72. The van der Waals surface area contributed by atoms with Gasteiger partial charge in [0, 0.05) is 10.9 Å². The van der Waals surface area contributed by atoms with Crippen LogP contribution in [0, 0.1) is 0 Å². The summed E-state index contributed by atoms with van der Waals surface area (Å²) in [5, 5.41) is 9.46. The van der Waals surface area contributed by atoms with Crippen LogP contribution < -0.4 is 0 Å². The fourth-order valence-corrected chi connectivity index (χ4v) is 2.06. The van der Waals surface area contributed by atoms with E-state index >= 15 is 0 Å². The highest BCUT2D eigenvalue weighted by molar-refractivity contribution is 6.30. The summed E-state index contributed by atoms with van der Waals surface area (Å²) in [6.07, 6.45) is 2.86. The van der Waals surface area contributed by atoms with E-state index in [0.717, 1.165) is 23.7 Å². The molecule has 0 aliphatic rings. The number of hydrogen-bond donors (Lipinski definition) is 0. The highest BCUT2D eigenvalue weighted by Gasteiger charge is 2.15. The van der Waals surface area contributed by atoms with Gasteiger partial charge in [-0.1, -0.05) is 30.7 Å². The SMILES string of the molecule is CCC(c1ccc(Cl)cc1)c1cnn(CC)n1. The predicted octanol–water partition coefficient (Wildman–Crippen LogP) is 3.49. The maximum Gasteiger partial charge on any atom is 0.0901 e. The first-order chi connectivity index (χ1) is 8.24. The van der Waals surface area contributed by atoms with Crippen molar-refractivity contribution < 1.29 is 0 Å². The van der Waals surface area contributed by atoms with Crippen molar-refractivity contribution in [1.82, 2.24) is 15.0 Å². The molecule has 0 amide bonds. The molecule has 2 rings (SSSR count). The van der Waals surface area contributed by atoms with Gasteiger partial charge >= 0.3 is 0 Å². The Morgan fingerprint density at radius 2 is 1.94 bits per heavy atom. The summed E-state index contributed by atoms with van der Waals surface area (Å²) in [6.45, 7) is 4.99. The zero-order valence-electron chi connectivity index (χ0n) is 10.1. The van der Waals surface area contributed by atoms with Crippen LogP contribution in [-0.2, 0) is 6.54 Å². The van der Waals surface area contributed by atoms with Crippen molar-refractivity contribution in [2.45, 2.75) is 32.7 Å². The van der Waals surface area contributed by atoms with Crippen LogP contribution in [-0.4, -0.2) is 15.0 Å². The van der Waals surface area contributed by atoms with Crippen LogP contribution in [0.1, 0.15) is 37.4 Å². The number of benzene rings is 1. The van der Waals surface area contributed by atoms with Crippen LogP contribution in [0.4, 0.5) is 0 Å². The molecule has 0 radical (unpaired) electrons. The molecule has 0 aliphatic carbocycles. The van der Waals surface area contributed by atoms with Gasteiger partial charge in [-0.25, -0.2) is 0 Å². The van der Waals surface area contributed by atoms with Crippen molar-refractivity contribution in [1.29, 1.82) is 0 Å². The van der Waals surface area contributed by atoms with Gasteiger partial charge in [0.1, 0.15) is 0 Å². The molecule has 4 heteroatoms. The molecule has 0 aliphatic heterocycles. The molecule has 0 saturated carbocycles. The standard InChI is InChI=1S/C13H16ClN3/c1-3-12(10-5-7-11(14)8-6-10)13-9-15-17(4-2)16-13/h5-9,12H,3-4H2,1-2H3. The average molecular weight is 250 g/mol. The quantitative estimate of drug-likeness (QED) is 0.831. The lowest BCUT2D eigenvalue weighted by Crippen LogP contribution is -2.03. The van der Waals surface area contributed by atoms with Crippen molar-refractivity contribution >= 4 is 11.6 Å². The van der Waals surface area contributed by atoms with Gasteiger partial charge < -0.3 is 0 Å². The van der Waals surface area contributed by atoms with Gasteiger partial charge in [0.25, 0.3) is 0 Å². The number of aryl methyl sites for hydroxylation is 1. The molecule has 0 spiro atoms. The van der Waals surface area contributed by atoms with E-state index in [4.69, 9.17) is 11.6 Å². The van der Waals surface area contributed by atoms with E-state index in [-0.39, 0.29) is 0 Å². The summed E-state index contributed by atoms with van der Waals surface area (Å²) in [5.74, 6) is 0.299. The molecule has 3 nitrogen and oxygen atoms in total. The Labute approximate surface area is 106 Å². The molecule has 0 N–H and O–H groups in total. The second-order valence-corrected chi connectivity index (χ2v) is 4.41.